The van der Waals surface area contributed by atoms with Crippen molar-refractivity contribution in [2.45, 2.75) is 161 Å². The summed E-state index contributed by atoms with van der Waals surface area (Å²) in [5.41, 5.74) is -0.590. The molecule has 0 aromatic carbocycles. The number of aliphatic hydroxyl groups excluding tert-OH is 4. The summed E-state index contributed by atoms with van der Waals surface area (Å²) in [7, 11) is 0. The van der Waals surface area contributed by atoms with E-state index in [1.165, 1.54) is 44.9 Å². The van der Waals surface area contributed by atoms with E-state index >= 15 is 0 Å². The Bertz CT molecular complexity index is 912. The van der Waals surface area contributed by atoms with Gasteiger partial charge in [0.1, 0.15) is 24.4 Å². The lowest BCUT2D eigenvalue weighted by Crippen LogP contribution is -2.64. The van der Waals surface area contributed by atoms with Crippen molar-refractivity contribution in [2.75, 3.05) is 6.61 Å². The summed E-state index contributed by atoms with van der Waals surface area (Å²) in [6.07, 6.45) is 6.40. The van der Waals surface area contributed by atoms with Crippen LogP contribution in [-0.2, 0) is 9.47 Å². The van der Waals surface area contributed by atoms with E-state index in [9.17, 15) is 25.5 Å². The highest BCUT2D eigenvalue weighted by atomic mass is 16.7. The summed E-state index contributed by atoms with van der Waals surface area (Å²) in [6.45, 7) is 14.1. The molecule has 7 heteroatoms. The SMILES string of the molecule is CC[C@H](CC[C@@H](C)[C@H]1CC[C@H]2[C@@H]3CC[C@@]4(O)C[C@H](O[C@@H]5O[C@H](CO)[C@@H](O)[C@H](O)[C@H]5O)CC[C@]4(C)[C@H]3CC[C@]12C)C(C)C. The van der Waals surface area contributed by atoms with Gasteiger partial charge in [-0.1, -0.05) is 54.4 Å². The van der Waals surface area contributed by atoms with E-state index in [1.807, 2.05) is 0 Å². The average Bonchev–Trinajstić information content (AvgIpc) is 3.31. The van der Waals surface area contributed by atoms with Crippen molar-refractivity contribution in [1.82, 2.24) is 0 Å². The van der Waals surface area contributed by atoms with Crippen LogP contribution in [-0.4, -0.2) is 74.6 Å². The zero-order valence-electron chi connectivity index (χ0n) is 27.3. The second-order valence-electron chi connectivity index (χ2n) is 16.3. The van der Waals surface area contributed by atoms with Gasteiger partial charge in [-0.05, 0) is 110 Å². The summed E-state index contributed by atoms with van der Waals surface area (Å²) in [5, 5.41) is 52.7. The van der Waals surface area contributed by atoms with Gasteiger partial charge in [0, 0.05) is 6.42 Å². The molecule has 42 heavy (non-hydrogen) atoms. The highest BCUT2D eigenvalue weighted by Gasteiger charge is 2.65. The Kier molecular flexibility index (Phi) is 9.84. The first-order chi connectivity index (χ1) is 19.8. The highest BCUT2D eigenvalue weighted by Crippen LogP contribution is 2.69. The third kappa shape index (κ3) is 5.54. The van der Waals surface area contributed by atoms with Crippen molar-refractivity contribution in [1.29, 1.82) is 0 Å². The minimum Gasteiger partial charge on any atom is -0.394 e. The Labute approximate surface area is 254 Å². The van der Waals surface area contributed by atoms with Crippen molar-refractivity contribution in [2.24, 2.45) is 52.3 Å². The Morgan fingerprint density at radius 1 is 0.857 bits per heavy atom. The van der Waals surface area contributed by atoms with Crippen LogP contribution in [0.1, 0.15) is 119 Å². The molecule has 5 aliphatic rings. The van der Waals surface area contributed by atoms with Crippen LogP contribution in [0.5, 0.6) is 0 Å². The van der Waals surface area contributed by atoms with E-state index in [-0.39, 0.29) is 11.5 Å². The fraction of sp³-hybridized carbons (Fsp3) is 1.00. The molecule has 244 valence electrons. The Morgan fingerprint density at radius 3 is 2.26 bits per heavy atom. The van der Waals surface area contributed by atoms with E-state index in [0.717, 1.165) is 55.3 Å². The number of rotatable bonds is 9. The van der Waals surface area contributed by atoms with Gasteiger partial charge in [0.15, 0.2) is 6.29 Å². The van der Waals surface area contributed by atoms with Gasteiger partial charge in [-0.25, -0.2) is 0 Å². The molecule has 0 amide bonds. The predicted octanol–water partition coefficient (Wildman–Crippen LogP) is 5.04. The molecule has 5 fully saturated rings. The molecule has 0 radical (unpaired) electrons. The first-order valence-electron chi connectivity index (χ1n) is 17.5. The summed E-state index contributed by atoms with van der Waals surface area (Å²) in [4.78, 5) is 0. The Balaban J connectivity index is 1.24. The molecule has 4 saturated carbocycles. The van der Waals surface area contributed by atoms with Gasteiger partial charge >= 0.3 is 0 Å². The predicted molar refractivity (Wildman–Crippen MR) is 162 cm³/mol. The van der Waals surface area contributed by atoms with Crippen molar-refractivity contribution >= 4 is 0 Å². The van der Waals surface area contributed by atoms with E-state index in [0.29, 0.717) is 23.7 Å². The lowest BCUT2D eigenvalue weighted by molar-refractivity contribution is -0.322. The van der Waals surface area contributed by atoms with Gasteiger partial charge in [-0.2, -0.15) is 0 Å². The number of aliphatic hydroxyl groups is 5. The molecule has 1 heterocycles. The maximum Gasteiger partial charge on any atom is 0.186 e. The molecule has 0 aromatic heterocycles. The van der Waals surface area contributed by atoms with Crippen LogP contribution >= 0.6 is 0 Å². The fourth-order valence-electron chi connectivity index (χ4n) is 11.4. The molecule has 5 N–H and O–H groups in total. The summed E-state index contributed by atoms with van der Waals surface area (Å²) in [6, 6.07) is 0. The Hall–Kier alpha value is -0.280. The van der Waals surface area contributed by atoms with Crippen molar-refractivity contribution in [3.63, 3.8) is 0 Å². The molecule has 1 saturated heterocycles. The number of hydrogen-bond acceptors (Lipinski definition) is 7. The molecule has 5 rings (SSSR count). The molecule has 0 bridgehead atoms. The normalized spacial score (nSPS) is 50.6. The average molecular weight is 595 g/mol. The molecule has 0 spiro atoms. The summed E-state index contributed by atoms with van der Waals surface area (Å²) < 4.78 is 11.8. The number of ether oxygens (including phenoxy) is 2. The highest BCUT2D eigenvalue weighted by molar-refractivity contribution is 5.14. The second kappa shape index (κ2) is 12.5. The van der Waals surface area contributed by atoms with Gasteiger partial charge in [0.05, 0.1) is 18.3 Å². The molecular weight excluding hydrogens is 532 g/mol. The van der Waals surface area contributed by atoms with Crippen LogP contribution in [0.4, 0.5) is 0 Å². The molecule has 15 atom stereocenters. The Morgan fingerprint density at radius 2 is 1.60 bits per heavy atom. The smallest absolute Gasteiger partial charge is 0.186 e. The lowest BCUT2D eigenvalue weighted by atomic mass is 9.43. The molecule has 7 nitrogen and oxygen atoms in total. The number of fused-ring (bicyclic) bond motifs is 5. The van der Waals surface area contributed by atoms with E-state index in [1.54, 1.807) is 0 Å². The minimum absolute atomic E-state index is 0.165. The first kappa shape index (κ1) is 33.1. The van der Waals surface area contributed by atoms with Crippen molar-refractivity contribution in [3.05, 3.63) is 0 Å². The molecule has 1 aliphatic heterocycles. The molecule has 0 unspecified atom stereocenters. The van der Waals surface area contributed by atoms with Crippen molar-refractivity contribution in [3.8, 4) is 0 Å². The maximum absolute atomic E-state index is 12.3. The van der Waals surface area contributed by atoms with Crippen LogP contribution in [0.25, 0.3) is 0 Å². The summed E-state index contributed by atoms with van der Waals surface area (Å²) in [5.74, 6) is 5.13. The molecule has 4 aliphatic carbocycles. The van der Waals surface area contributed by atoms with Gasteiger partial charge < -0.3 is 35.0 Å². The summed E-state index contributed by atoms with van der Waals surface area (Å²) >= 11 is 0. The number of hydrogen-bond donors (Lipinski definition) is 5. The van der Waals surface area contributed by atoms with E-state index in [4.69, 9.17) is 9.47 Å². The van der Waals surface area contributed by atoms with Crippen LogP contribution in [0.3, 0.4) is 0 Å². The van der Waals surface area contributed by atoms with E-state index < -0.39 is 42.9 Å². The van der Waals surface area contributed by atoms with Gasteiger partial charge in [-0.15, -0.1) is 0 Å². The van der Waals surface area contributed by atoms with Crippen molar-refractivity contribution < 1.29 is 35.0 Å². The minimum atomic E-state index is -1.45. The molecular formula is C35H62O7. The van der Waals surface area contributed by atoms with Gasteiger partial charge in [-0.3, -0.25) is 0 Å². The standard InChI is InChI=1S/C35H62O7/c1-7-22(20(2)3)9-8-21(4)25-10-11-26-24-13-17-35(40)18-23(12-16-34(35,6)27(24)14-15-33(25,26)5)41-32-31(39)30(38)29(37)28(19-36)42-32/h20-32,36-40H,7-19H2,1-6H3/t21-,22-,23-,24+,25-,26+,27+,28-,29-,30+,31-,32-,33-,34-,35-/m1/s1. The van der Waals surface area contributed by atoms with Crippen LogP contribution < -0.4 is 0 Å². The third-order valence-electron chi connectivity index (χ3n) is 14.2. The quantitative estimate of drug-likeness (QED) is 0.237. The van der Waals surface area contributed by atoms with Crippen LogP contribution in [0.2, 0.25) is 0 Å². The maximum atomic E-state index is 12.3. The van der Waals surface area contributed by atoms with Gasteiger partial charge in [0.25, 0.3) is 0 Å². The first-order valence-corrected chi connectivity index (χ1v) is 17.5. The van der Waals surface area contributed by atoms with Crippen LogP contribution in [0, 0.1) is 52.3 Å². The van der Waals surface area contributed by atoms with E-state index in [2.05, 4.69) is 41.5 Å². The second-order valence-corrected chi connectivity index (χ2v) is 16.3. The fourth-order valence-corrected chi connectivity index (χ4v) is 11.4. The lowest BCUT2D eigenvalue weighted by Gasteiger charge is -2.64. The third-order valence-corrected chi connectivity index (χ3v) is 14.2. The topological polar surface area (TPSA) is 120 Å². The monoisotopic (exact) mass is 594 g/mol. The zero-order valence-corrected chi connectivity index (χ0v) is 27.3. The van der Waals surface area contributed by atoms with Crippen LogP contribution in [0.15, 0.2) is 0 Å². The largest absolute Gasteiger partial charge is 0.394 e. The zero-order chi connectivity index (χ0) is 30.6. The molecule has 0 aromatic rings. The van der Waals surface area contributed by atoms with Gasteiger partial charge in [0.2, 0.25) is 0 Å².